The first-order valence-corrected chi connectivity index (χ1v) is 6.88. The van der Waals surface area contributed by atoms with Gasteiger partial charge in [0.05, 0.1) is 10.9 Å². The molecule has 0 unspecified atom stereocenters. The monoisotopic (exact) mass is 270 g/mol. The molecular formula is C15H18N4O. The molecule has 20 heavy (non-hydrogen) atoms. The number of rotatable bonds is 2. The van der Waals surface area contributed by atoms with Crippen molar-refractivity contribution in [3.8, 4) is 0 Å². The first-order valence-electron chi connectivity index (χ1n) is 6.88. The van der Waals surface area contributed by atoms with Crippen molar-refractivity contribution in [2.24, 2.45) is 0 Å². The van der Waals surface area contributed by atoms with Crippen molar-refractivity contribution in [2.75, 3.05) is 0 Å². The predicted octanol–water partition coefficient (Wildman–Crippen LogP) is 2.75. The van der Waals surface area contributed by atoms with Gasteiger partial charge in [-0.15, -0.1) is 0 Å². The topological polar surface area (TPSA) is 52.2 Å². The maximum atomic E-state index is 12.7. The van der Waals surface area contributed by atoms with Gasteiger partial charge in [-0.05, 0) is 37.5 Å². The second-order valence-electron chi connectivity index (χ2n) is 5.67. The van der Waals surface area contributed by atoms with Gasteiger partial charge in [0.25, 0.3) is 5.56 Å². The molecule has 2 heterocycles. The van der Waals surface area contributed by atoms with Crippen LogP contribution in [0, 0.1) is 0 Å². The molecule has 0 atom stereocenters. The van der Waals surface area contributed by atoms with Gasteiger partial charge in [0.2, 0.25) is 5.78 Å². The highest BCUT2D eigenvalue weighted by molar-refractivity contribution is 5.80. The molecule has 0 saturated carbocycles. The van der Waals surface area contributed by atoms with Crippen LogP contribution in [0.5, 0.6) is 0 Å². The summed E-state index contributed by atoms with van der Waals surface area (Å²) in [5.41, 5.74) is 1.96. The Morgan fingerprint density at radius 1 is 1.15 bits per heavy atom. The molecule has 1 aromatic carbocycles. The molecule has 5 heteroatoms. The lowest BCUT2D eigenvalue weighted by Crippen LogP contribution is -2.25. The van der Waals surface area contributed by atoms with Crippen LogP contribution in [0.3, 0.4) is 0 Å². The average molecular weight is 270 g/mol. The summed E-state index contributed by atoms with van der Waals surface area (Å²) < 4.78 is 3.43. The van der Waals surface area contributed by atoms with Crippen molar-refractivity contribution in [1.82, 2.24) is 19.2 Å². The van der Waals surface area contributed by atoms with Crippen LogP contribution in [0.1, 0.15) is 45.2 Å². The van der Waals surface area contributed by atoms with E-state index in [-0.39, 0.29) is 11.6 Å². The molecule has 0 amide bonds. The highest BCUT2D eigenvalue weighted by Gasteiger charge is 2.15. The van der Waals surface area contributed by atoms with Crippen molar-refractivity contribution in [3.63, 3.8) is 0 Å². The van der Waals surface area contributed by atoms with Crippen molar-refractivity contribution >= 4 is 16.7 Å². The third-order valence-electron chi connectivity index (χ3n) is 3.63. The van der Waals surface area contributed by atoms with Gasteiger partial charge in [0, 0.05) is 6.04 Å². The van der Waals surface area contributed by atoms with Crippen molar-refractivity contribution < 1.29 is 0 Å². The molecule has 3 rings (SSSR count). The summed E-state index contributed by atoms with van der Waals surface area (Å²) in [6.45, 7) is 8.20. The summed E-state index contributed by atoms with van der Waals surface area (Å²) in [5, 5.41) is 4.95. The molecule has 0 saturated heterocycles. The van der Waals surface area contributed by atoms with Crippen LogP contribution in [0.15, 0.2) is 29.3 Å². The van der Waals surface area contributed by atoms with Gasteiger partial charge in [-0.25, -0.2) is 0 Å². The summed E-state index contributed by atoms with van der Waals surface area (Å²) >= 11 is 0. The summed E-state index contributed by atoms with van der Waals surface area (Å²) in [6, 6.07) is 6.02. The van der Waals surface area contributed by atoms with E-state index in [2.05, 4.69) is 23.9 Å². The molecule has 0 N–H and O–H groups in total. The van der Waals surface area contributed by atoms with Gasteiger partial charge in [-0.2, -0.15) is 14.6 Å². The van der Waals surface area contributed by atoms with E-state index in [0.717, 1.165) is 11.1 Å². The summed E-state index contributed by atoms with van der Waals surface area (Å²) in [7, 11) is 0. The second kappa shape index (κ2) is 4.44. The van der Waals surface area contributed by atoms with Crippen molar-refractivity contribution in [1.29, 1.82) is 0 Å². The number of fused-ring (bicyclic) bond motifs is 3. The van der Waals surface area contributed by atoms with E-state index >= 15 is 0 Å². The summed E-state index contributed by atoms with van der Waals surface area (Å²) in [6.07, 6.45) is 1.49. The fraction of sp³-hybridized carbons (Fsp3) is 0.400. The molecule has 0 aliphatic carbocycles. The van der Waals surface area contributed by atoms with Gasteiger partial charge in [-0.3, -0.25) is 9.36 Å². The Kier molecular flexibility index (Phi) is 2.85. The minimum atomic E-state index is -0.00185. The van der Waals surface area contributed by atoms with Crippen LogP contribution in [0.25, 0.3) is 16.7 Å². The largest absolute Gasteiger partial charge is 0.274 e. The minimum Gasteiger partial charge on any atom is -0.274 e. The van der Waals surface area contributed by atoms with E-state index in [0.29, 0.717) is 17.1 Å². The Balaban J connectivity index is 2.52. The molecule has 0 spiro atoms. The molecule has 5 nitrogen and oxygen atoms in total. The lowest BCUT2D eigenvalue weighted by Gasteiger charge is -2.14. The molecule has 3 aromatic rings. The Morgan fingerprint density at radius 3 is 2.55 bits per heavy atom. The molecule has 0 bridgehead atoms. The molecule has 0 aliphatic heterocycles. The number of hydrogen-bond donors (Lipinski definition) is 0. The van der Waals surface area contributed by atoms with E-state index in [1.807, 2.05) is 32.0 Å². The standard InChI is InChI=1S/C15H18N4O/c1-9(2)11-5-6-13-12(7-11)14(20)18(10(3)4)15-16-8-17-19(13)15/h5-10H,1-4H3. The fourth-order valence-electron chi connectivity index (χ4n) is 2.52. The second-order valence-corrected chi connectivity index (χ2v) is 5.67. The third kappa shape index (κ3) is 1.73. The first-order chi connectivity index (χ1) is 9.50. The number of aromatic nitrogens is 4. The van der Waals surface area contributed by atoms with Crippen molar-refractivity contribution in [2.45, 2.75) is 39.7 Å². The quantitative estimate of drug-likeness (QED) is 0.719. The summed E-state index contributed by atoms with van der Waals surface area (Å²) in [5.74, 6) is 0.979. The zero-order valence-electron chi connectivity index (χ0n) is 12.2. The predicted molar refractivity (Wildman–Crippen MR) is 79.2 cm³/mol. The highest BCUT2D eigenvalue weighted by Crippen LogP contribution is 2.20. The Labute approximate surface area is 116 Å². The molecule has 0 radical (unpaired) electrons. The van der Waals surface area contributed by atoms with E-state index in [1.165, 1.54) is 6.33 Å². The Bertz CT molecular complexity index is 842. The van der Waals surface area contributed by atoms with Crippen LogP contribution in [-0.2, 0) is 0 Å². The third-order valence-corrected chi connectivity index (χ3v) is 3.63. The van der Waals surface area contributed by atoms with E-state index in [1.54, 1.807) is 9.08 Å². The van der Waals surface area contributed by atoms with E-state index < -0.39 is 0 Å². The van der Waals surface area contributed by atoms with Crippen LogP contribution in [0.4, 0.5) is 0 Å². The van der Waals surface area contributed by atoms with Crippen molar-refractivity contribution in [3.05, 3.63) is 40.4 Å². The van der Waals surface area contributed by atoms with E-state index in [4.69, 9.17) is 0 Å². The first kappa shape index (κ1) is 12.8. The lowest BCUT2D eigenvalue weighted by atomic mass is 10.0. The number of benzene rings is 1. The fourth-order valence-corrected chi connectivity index (χ4v) is 2.52. The zero-order valence-corrected chi connectivity index (χ0v) is 12.2. The van der Waals surface area contributed by atoms with Gasteiger partial charge < -0.3 is 0 Å². The minimum absolute atomic E-state index is 0.00185. The molecule has 104 valence electrons. The van der Waals surface area contributed by atoms with Crippen LogP contribution in [-0.4, -0.2) is 19.2 Å². The molecule has 0 aliphatic rings. The lowest BCUT2D eigenvalue weighted by molar-refractivity contribution is 0.587. The van der Waals surface area contributed by atoms with Gasteiger partial charge >= 0.3 is 0 Å². The molecular weight excluding hydrogens is 252 g/mol. The number of nitrogens with zero attached hydrogens (tertiary/aromatic N) is 4. The smallest absolute Gasteiger partial charge is 0.263 e. The Hall–Kier alpha value is -2.17. The maximum absolute atomic E-state index is 12.7. The van der Waals surface area contributed by atoms with Gasteiger partial charge in [0.1, 0.15) is 6.33 Å². The normalized spacial score (nSPS) is 12.1. The average Bonchev–Trinajstić information content (AvgIpc) is 2.87. The zero-order chi connectivity index (χ0) is 14.4. The van der Waals surface area contributed by atoms with E-state index in [9.17, 15) is 4.79 Å². The van der Waals surface area contributed by atoms with Gasteiger partial charge in [0.15, 0.2) is 0 Å². The van der Waals surface area contributed by atoms with Crippen LogP contribution >= 0.6 is 0 Å². The molecule has 2 aromatic heterocycles. The summed E-state index contributed by atoms with van der Waals surface area (Å²) in [4.78, 5) is 17.0. The maximum Gasteiger partial charge on any atom is 0.263 e. The van der Waals surface area contributed by atoms with Gasteiger partial charge in [-0.1, -0.05) is 19.9 Å². The molecule has 0 fully saturated rings. The highest BCUT2D eigenvalue weighted by atomic mass is 16.1. The Morgan fingerprint density at radius 2 is 1.90 bits per heavy atom. The number of hydrogen-bond acceptors (Lipinski definition) is 3. The SMILES string of the molecule is CC(C)c1ccc2c(c1)c(=O)n(C(C)C)c1ncnn21. The van der Waals surface area contributed by atoms with Crippen LogP contribution < -0.4 is 5.56 Å². The van der Waals surface area contributed by atoms with Crippen LogP contribution in [0.2, 0.25) is 0 Å².